The Hall–Kier alpha value is -3.66. The van der Waals surface area contributed by atoms with Gasteiger partial charge in [0.05, 0.1) is 11.0 Å². The topological polar surface area (TPSA) is 131 Å². The van der Waals surface area contributed by atoms with E-state index in [0.717, 1.165) is 11.0 Å². The normalized spacial score (nSPS) is 11.6. The van der Waals surface area contributed by atoms with Gasteiger partial charge in [-0.1, -0.05) is 30.3 Å². The second-order valence-corrected chi connectivity index (χ2v) is 9.33. The molecule has 0 radical (unpaired) electrons. The molecule has 0 heterocycles. The molecule has 0 aliphatic rings. The second-order valence-electron chi connectivity index (χ2n) is 7.77. The lowest BCUT2D eigenvalue weighted by atomic mass is 10.1. The van der Waals surface area contributed by atoms with Gasteiger partial charge in [0.15, 0.2) is 6.61 Å². The Morgan fingerprint density at radius 3 is 2.19 bits per heavy atom. The first-order chi connectivity index (χ1) is 14.9. The van der Waals surface area contributed by atoms with E-state index in [0.29, 0.717) is 0 Å². The van der Waals surface area contributed by atoms with Gasteiger partial charge in [0.1, 0.15) is 0 Å². The number of amides is 3. The number of hydrogen-bond donors (Lipinski definition) is 3. The predicted molar refractivity (Wildman–Crippen MR) is 121 cm³/mol. The lowest BCUT2D eigenvalue weighted by Crippen LogP contribution is -2.49. The first-order valence-electron chi connectivity index (χ1n) is 9.59. The van der Waals surface area contributed by atoms with Gasteiger partial charge in [-0.2, -0.15) is 0 Å². The Morgan fingerprint density at radius 1 is 0.969 bits per heavy atom. The maximum Gasteiger partial charge on any atom is 0.338 e. The third kappa shape index (κ3) is 9.00. The van der Waals surface area contributed by atoms with Crippen molar-refractivity contribution in [3.63, 3.8) is 0 Å². The first kappa shape index (κ1) is 24.6. The Morgan fingerprint density at radius 2 is 1.59 bits per heavy atom. The zero-order valence-corrected chi connectivity index (χ0v) is 18.7. The molecular formula is C22H25N3O6S. The Kier molecular flexibility index (Phi) is 8.14. The molecule has 0 fully saturated rings. The van der Waals surface area contributed by atoms with Crippen molar-refractivity contribution in [3.8, 4) is 0 Å². The van der Waals surface area contributed by atoms with Gasteiger partial charge >= 0.3 is 12.0 Å². The van der Waals surface area contributed by atoms with Gasteiger partial charge in [-0.3, -0.25) is 14.8 Å². The van der Waals surface area contributed by atoms with E-state index in [1.165, 1.54) is 30.3 Å². The molecule has 9 nitrogen and oxygen atoms in total. The van der Waals surface area contributed by atoms with E-state index in [1.807, 2.05) is 6.07 Å². The van der Waals surface area contributed by atoms with Crippen molar-refractivity contribution in [2.45, 2.75) is 26.3 Å². The van der Waals surface area contributed by atoms with Crippen LogP contribution >= 0.6 is 0 Å². The molecule has 0 aromatic heterocycles. The smallest absolute Gasteiger partial charge is 0.338 e. The fourth-order valence-corrected chi connectivity index (χ4v) is 3.22. The highest BCUT2D eigenvalue weighted by Crippen LogP contribution is 2.13. The largest absolute Gasteiger partial charge is 0.452 e. The van der Waals surface area contributed by atoms with Crippen LogP contribution in [0.25, 0.3) is 6.08 Å². The summed E-state index contributed by atoms with van der Waals surface area (Å²) in [5, 5.41) is 5.63. The number of nitrogens with one attached hydrogen (secondary N) is 3. The molecule has 3 N–H and O–H groups in total. The number of anilines is 1. The average Bonchev–Trinajstić information content (AvgIpc) is 2.70. The molecule has 0 saturated carbocycles. The summed E-state index contributed by atoms with van der Waals surface area (Å²) in [5.41, 5.74) is 0.563. The summed E-state index contributed by atoms with van der Waals surface area (Å²) in [6, 6.07) is 13.7. The highest BCUT2D eigenvalue weighted by atomic mass is 32.2. The number of urea groups is 1. The average molecular weight is 460 g/mol. The molecule has 10 heteroatoms. The van der Waals surface area contributed by atoms with Gasteiger partial charge in [0.25, 0.3) is 15.9 Å². The van der Waals surface area contributed by atoms with Crippen LogP contribution < -0.4 is 15.4 Å². The van der Waals surface area contributed by atoms with Crippen LogP contribution in [0.2, 0.25) is 0 Å². The summed E-state index contributed by atoms with van der Waals surface area (Å²) in [6.45, 7) is 4.61. The van der Waals surface area contributed by atoms with Crippen molar-refractivity contribution in [2.24, 2.45) is 0 Å². The zero-order chi connectivity index (χ0) is 23.8. The number of esters is 1. The summed E-state index contributed by atoms with van der Waals surface area (Å²) in [6.07, 6.45) is 1.46. The Bertz CT molecular complexity index is 1090. The lowest BCUT2D eigenvalue weighted by molar-refractivity contribution is -0.123. The number of benzene rings is 2. The minimum atomic E-state index is -3.75. The summed E-state index contributed by atoms with van der Waals surface area (Å²) < 4.78 is 31.6. The van der Waals surface area contributed by atoms with Gasteiger partial charge in [-0.25, -0.2) is 18.0 Å². The van der Waals surface area contributed by atoms with E-state index in [2.05, 4.69) is 15.4 Å². The number of ether oxygens (including phenoxy) is 1. The zero-order valence-electron chi connectivity index (χ0n) is 17.9. The van der Waals surface area contributed by atoms with Crippen LogP contribution in [0, 0.1) is 0 Å². The third-order valence-corrected chi connectivity index (χ3v) is 4.71. The molecule has 2 aromatic rings. The molecule has 0 atom stereocenters. The molecule has 0 saturated heterocycles. The monoisotopic (exact) mass is 459 g/mol. The lowest BCUT2D eigenvalue weighted by Gasteiger charge is -2.20. The van der Waals surface area contributed by atoms with Crippen molar-refractivity contribution in [1.29, 1.82) is 0 Å². The standard InChI is InChI=1S/C22H25N3O6S/c1-22(2,3)24-21(28)23-19(26)15-31-20(27)17-9-11-18(12-10-17)25-32(29,30)14-13-16-7-5-4-6-8-16/h4-14,25H,15H2,1-3H3,(H2,23,24,26,28)/b14-13+. The SMILES string of the molecule is CC(C)(C)NC(=O)NC(=O)COC(=O)c1ccc(NS(=O)(=O)/C=C/c2ccccc2)cc1. The first-order valence-corrected chi connectivity index (χ1v) is 11.1. The van der Waals surface area contributed by atoms with Crippen molar-refractivity contribution in [2.75, 3.05) is 11.3 Å². The molecular weight excluding hydrogens is 434 g/mol. The van der Waals surface area contributed by atoms with Crippen LogP contribution in [0.5, 0.6) is 0 Å². The highest BCUT2D eigenvalue weighted by molar-refractivity contribution is 7.95. The number of carbonyl (C=O) groups excluding carboxylic acids is 3. The van der Waals surface area contributed by atoms with E-state index in [9.17, 15) is 22.8 Å². The molecule has 170 valence electrons. The van der Waals surface area contributed by atoms with Crippen LogP contribution in [0.1, 0.15) is 36.7 Å². The van der Waals surface area contributed by atoms with Crippen LogP contribution in [-0.2, 0) is 19.6 Å². The van der Waals surface area contributed by atoms with E-state index in [4.69, 9.17) is 4.74 Å². The third-order valence-electron chi connectivity index (χ3n) is 3.70. The van der Waals surface area contributed by atoms with Crippen LogP contribution in [0.15, 0.2) is 60.0 Å². The fourth-order valence-electron chi connectivity index (χ4n) is 2.35. The Labute approximate surface area is 186 Å². The molecule has 2 rings (SSSR count). The van der Waals surface area contributed by atoms with Crippen molar-refractivity contribution in [1.82, 2.24) is 10.6 Å². The van der Waals surface area contributed by atoms with E-state index < -0.39 is 40.1 Å². The van der Waals surface area contributed by atoms with Gasteiger partial charge in [-0.15, -0.1) is 0 Å². The predicted octanol–water partition coefficient (Wildman–Crippen LogP) is 2.88. The Balaban J connectivity index is 1.87. The van der Waals surface area contributed by atoms with Gasteiger partial charge in [0, 0.05) is 11.2 Å². The summed E-state index contributed by atoms with van der Waals surface area (Å²) >= 11 is 0. The maximum atomic E-state index is 12.2. The molecule has 0 aliphatic heterocycles. The minimum Gasteiger partial charge on any atom is -0.452 e. The van der Waals surface area contributed by atoms with Crippen LogP contribution in [0.3, 0.4) is 0 Å². The summed E-state index contributed by atoms with van der Waals surface area (Å²) in [7, 11) is -3.75. The highest BCUT2D eigenvalue weighted by Gasteiger charge is 2.17. The van der Waals surface area contributed by atoms with Gasteiger partial charge in [0.2, 0.25) is 0 Å². The molecule has 0 spiro atoms. The van der Waals surface area contributed by atoms with Gasteiger partial charge in [-0.05, 0) is 56.7 Å². The summed E-state index contributed by atoms with van der Waals surface area (Å²) in [4.78, 5) is 35.4. The number of sulfonamides is 1. The number of rotatable bonds is 7. The van der Waals surface area contributed by atoms with Gasteiger partial charge < -0.3 is 10.1 Å². The van der Waals surface area contributed by atoms with Crippen molar-refractivity contribution >= 4 is 39.7 Å². The van der Waals surface area contributed by atoms with E-state index in [1.54, 1.807) is 45.0 Å². The minimum absolute atomic E-state index is 0.111. The second kappa shape index (κ2) is 10.6. The number of imide groups is 1. The van der Waals surface area contributed by atoms with Crippen LogP contribution in [0.4, 0.5) is 10.5 Å². The van der Waals surface area contributed by atoms with Crippen molar-refractivity contribution < 1.29 is 27.5 Å². The molecule has 3 amide bonds. The summed E-state index contributed by atoms with van der Waals surface area (Å²) in [5.74, 6) is -1.58. The molecule has 32 heavy (non-hydrogen) atoms. The fraction of sp³-hybridized carbons (Fsp3) is 0.227. The number of carbonyl (C=O) groups is 3. The maximum absolute atomic E-state index is 12.2. The van der Waals surface area contributed by atoms with E-state index >= 15 is 0 Å². The molecule has 2 aromatic carbocycles. The molecule has 0 aliphatic carbocycles. The van der Waals surface area contributed by atoms with Crippen LogP contribution in [-0.4, -0.2) is 38.5 Å². The quantitative estimate of drug-likeness (QED) is 0.546. The van der Waals surface area contributed by atoms with Crippen molar-refractivity contribution in [3.05, 3.63) is 71.1 Å². The van der Waals surface area contributed by atoms with E-state index in [-0.39, 0.29) is 11.3 Å². The molecule has 0 unspecified atom stereocenters. The number of hydrogen-bond acceptors (Lipinski definition) is 6. The molecule has 0 bridgehead atoms.